The van der Waals surface area contributed by atoms with Crippen molar-refractivity contribution in [3.8, 4) is 11.3 Å². The minimum atomic E-state index is -0.951. The van der Waals surface area contributed by atoms with Gasteiger partial charge in [0.05, 0.1) is 16.8 Å². The van der Waals surface area contributed by atoms with Crippen molar-refractivity contribution in [2.75, 3.05) is 5.32 Å². The highest BCUT2D eigenvalue weighted by atomic mass is 32.1. The Morgan fingerprint density at radius 1 is 1.03 bits per heavy atom. The summed E-state index contributed by atoms with van der Waals surface area (Å²) in [5, 5.41) is 5.07. The second-order valence-corrected chi connectivity index (χ2v) is 8.36. The van der Waals surface area contributed by atoms with E-state index in [1.54, 1.807) is 31.2 Å². The summed E-state index contributed by atoms with van der Waals surface area (Å²) in [6.45, 7) is 7.67. The van der Waals surface area contributed by atoms with E-state index in [9.17, 15) is 14.4 Å². The molecule has 3 amide bonds. The minimum Gasteiger partial charge on any atom is -0.300 e. The molecular weight excluding hydrogens is 398 g/mol. The van der Waals surface area contributed by atoms with Gasteiger partial charge in [-0.1, -0.05) is 29.8 Å². The van der Waals surface area contributed by atoms with Crippen molar-refractivity contribution in [2.45, 2.75) is 33.7 Å². The second-order valence-electron chi connectivity index (χ2n) is 7.50. The summed E-state index contributed by atoms with van der Waals surface area (Å²) in [4.78, 5) is 43.6. The highest BCUT2D eigenvalue weighted by Crippen LogP contribution is 2.31. The monoisotopic (exact) mass is 419 g/mol. The largest absolute Gasteiger partial charge is 0.300 e. The van der Waals surface area contributed by atoms with Gasteiger partial charge in [-0.05, 0) is 51.0 Å². The Balaban J connectivity index is 1.53. The van der Waals surface area contributed by atoms with E-state index >= 15 is 0 Å². The number of aromatic nitrogens is 1. The topological polar surface area (TPSA) is 79.4 Å². The van der Waals surface area contributed by atoms with Crippen molar-refractivity contribution in [3.05, 3.63) is 69.6 Å². The van der Waals surface area contributed by atoms with Crippen LogP contribution < -0.4 is 5.32 Å². The van der Waals surface area contributed by atoms with Crippen molar-refractivity contribution in [1.29, 1.82) is 0 Å². The molecule has 0 spiro atoms. The first-order chi connectivity index (χ1) is 14.3. The summed E-state index contributed by atoms with van der Waals surface area (Å²) in [6.07, 6.45) is 0. The molecule has 1 aromatic heterocycles. The molecule has 0 saturated heterocycles. The first kappa shape index (κ1) is 20.0. The maximum atomic E-state index is 12.8. The summed E-state index contributed by atoms with van der Waals surface area (Å²) in [7, 11) is 0. The lowest BCUT2D eigenvalue weighted by Gasteiger charge is -2.21. The van der Waals surface area contributed by atoms with Crippen LogP contribution in [-0.4, -0.2) is 33.6 Å². The molecule has 4 rings (SSSR count). The Kier molecular flexibility index (Phi) is 4.99. The van der Waals surface area contributed by atoms with Gasteiger partial charge in [0.25, 0.3) is 11.8 Å². The number of rotatable bonds is 4. The number of hydrogen-bond donors (Lipinski definition) is 1. The number of nitrogens with zero attached hydrogens (tertiary/aromatic N) is 2. The summed E-state index contributed by atoms with van der Waals surface area (Å²) < 4.78 is 0. The zero-order chi connectivity index (χ0) is 21.6. The fraction of sp³-hybridized carbons (Fsp3) is 0.217. The standard InChI is InChI=1S/C23H21N3O3S/c1-12-9-13(2)19(14(3)10-12)18-11-30-23(24-18)25-20(27)15(4)26-21(28)16-7-5-6-8-17(16)22(26)29/h5-11,15H,1-4H3,(H,24,25,27)/t15-/m0/s1. The number of imide groups is 1. The molecule has 3 aromatic rings. The predicted molar refractivity (Wildman–Crippen MR) is 117 cm³/mol. The molecule has 0 bridgehead atoms. The molecule has 0 aliphatic carbocycles. The molecule has 1 aliphatic heterocycles. The molecule has 7 heteroatoms. The van der Waals surface area contributed by atoms with Gasteiger partial charge in [0.15, 0.2) is 5.13 Å². The van der Waals surface area contributed by atoms with Crippen LogP contribution in [0.5, 0.6) is 0 Å². The van der Waals surface area contributed by atoms with Gasteiger partial charge in [-0.2, -0.15) is 0 Å². The third-order valence-electron chi connectivity index (χ3n) is 5.26. The molecule has 1 N–H and O–H groups in total. The number of benzene rings is 2. The Labute approximate surface area is 178 Å². The van der Waals surface area contributed by atoms with Crippen LogP contribution in [0.25, 0.3) is 11.3 Å². The van der Waals surface area contributed by atoms with Crippen molar-refractivity contribution >= 4 is 34.2 Å². The van der Waals surface area contributed by atoms with E-state index in [0.717, 1.165) is 27.3 Å². The minimum absolute atomic E-state index is 0.323. The van der Waals surface area contributed by atoms with Crippen LogP contribution in [0.15, 0.2) is 41.8 Å². The average Bonchev–Trinajstić information content (AvgIpc) is 3.24. The molecule has 0 radical (unpaired) electrons. The van der Waals surface area contributed by atoms with Crippen LogP contribution in [0, 0.1) is 20.8 Å². The number of aryl methyl sites for hydroxylation is 3. The Morgan fingerprint density at radius 2 is 1.60 bits per heavy atom. The lowest BCUT2D eigenvalue weighted by molar-refractivity contribution is -0.119. The number of carbonyl (C=O) groups excluding carboxylic acids is 3. The van der Waals surface area contributed by atoms with Crippen LogP contribution in [0.3, 0.4) is 0 Å². The summed E-state index contributed by atoms with van der Waals surface area (Å²) in [6, 6.07) is 9.84. The molecule has 0 saturated carbocycles. The quantitative estimate of drug-likeness (QED) is 0.638. The summed E-state index contributed by atoms with van der Waals surface area (Å²) in [5.74, 6) is -1.37. The van der Waals surface area contributed by atoms with Crippen LogP contribution in [-0.2, 0) is 4.79 Å². The van der Waals surface area contributed by atoms with Gasteiger partial charge in [0.2, 0.25) is 5.91 Å². The van der Waals surface area contributed by atoms with Gasteiger partial charge in [-0.15, -0.1) is 11.3 Å². The molecule has 0 unspecified atom stereocenters. The number of carbonyl (C=O) groups is 3. The molecule has 152 valence electrons. The van der Waals surface area contributed by atoms with Crippen LogP contribution in [0.2, 0.25) is 0 Å². The van der Waals surface area contributed by atoms with Crippen LogP contribution in [0.1, 0.15) is 44.3 Å². The number of nitrogens with one attached hydrogen (secondary N) is 1. The highest BCUT2D eigenvalue weighted by molar-refractivity contribution is 7.14. The third-order valence-corrected chi connectivity index (χ3v) is 6.02. The Hall–Kier alpha value is -3.32. The highest BCUT2D eigenvalue weighted by Gasteiger charge is 2.40. The van der Waals surface area contributed by atoms with E-state index in [2.05, 4.69) is 29.4 Å². The third kappa shape index (κ3) is 3.31. The van der Waals surface area contributed by atoms with E-state index in [-0.39, 0.29) is 0 Å². The van der Waals surface area contributed by atoms with Gasteiger partial charge in [-0.25, -0.2) is 4.98 Å². The van der Waals surface area contributed by atoms with E-state index in [4.69, 9.17) is 0 Å². The number of fused-ring (bicyclic) bond motifs is 1. The summed E-state index contributed by atoms with van der Waals surface area (Å²) in [5.41, 5.74) is 5.91. The van der Waals surface area contributed by atoms with E-state index in [1.807, 2.05) is 19.2 Å². The number of anilines is 1. The lowest BCUT2D eigenvalue weighted by atomic mass is 9.98. The molecule has 2 aromatic carbocycles. The normalized spacial score (nSPS) is 14.1. The number of thiazole rings is 1. The van der Waals surface area contributed by atoms with Crippen molar-refractivity contribution in [2.24, 2.45) is 0 Å². The van der Waals surface area contributed by atoms with E-state index < -0.39 is 23.8 Å². The molecule has 1 aliphatic rings. The molecule has 6 nitrogen and oxygen atoms in total. The Bertz CT molecular complexity index is 1140. The molecule has 30 heavy (non-hydrogen) atoms. The molecule has 0 fully saturated rings. The van der Waals surface area contributed by atoms with Crippen LogP contribution in [0.4, 0.5) is 5.13 Å². The van der Waals surface area contributed by atoms with Gasteiger partial charge in [0.1, 0.15) is 6.04 Å². The number of amides is 3. The van der Waals surface area contributed by atoms with E-state index in [0.29, 0.717) is 16.3 Å². The lowest BCUT2D eigenvalue weighted by Crippen LogP contribution is -2.45. The van der Waals surface area contributed by atoms with Crippen molar-refractivity contribution in [3.63, 3.8) is 0 Å². The van der Waals surface area contributed by atoms with Gasteiger partial charge < -0.3 is 5.32 Å². The fourth-order valence-electron chi connectivity index (χ4n) is 3.92. The van der Waals surface area contributed by atoms with Gasteiger partial charge in [-0.3, -0.25) is 19.3 Å². The van der Waals surface area contributed by atoms with E-state index in [1.165, 1.54) is 16.9 Å². The molecule has 1 atom stereocenters. The average molecular weight is 420 g/mol. The van der Waals surface area contributed by atoms with Gasteiger partial charge >= 0.3 is 0 Å². The predicted octanol–water partition coefficient (Wildman–Crippen LogP) is 4.36. The number of hydrogen-bond acceptors (Lipinski definition) is 5. The summed E-state index contributed by atoms with van der Waals surface area (Å²) >= 11 is 1.31. The molecular formula is C23H21N3O3S. The maximum Gasteiger partial charge on any atom is 0.262 e. The zero-order valence-electron chi connectivity index (χ0n) is 17.1. The van der Waals surface area contributed by atoms with Crippen LogP contribution >= 0.6 is 11.3 Å². The second kappa shape index (κ2) is 7.50. The fourth-order valence-corrected chi connectivity index (χ4v) is 4.62. The zero-order valence-corrected chi connectivity index (χ0v) is 18.0. The van der Waals surface area contributed by atoms with Crippen molar-refractivity contribution < 1.29 is 14.4 Å². The maximum absolute atomic E-state index is 12.8. The van der Waals surface area contributed by atoms with Crippen molar-refractivity contribution in [1.82, 2.24) is 9.88 Å². The first-order valence-electron chi connectivity index (χ1n) is 9.59. The van der Waals surface area contributed by atoms with Gasteiger partial charge in [0, 0.05) is 10.9 Å². The first-order valence-corrected chi connectivity index (χ1v) is 10.5. The Morgan fingerprint density at radius 3 is 2.17 bits per heavy atom. The smallest absolute Gasteiger partial charge is 0.262 e. The molecule has 2 heterocycles. The SMILES string of the molecule is Cc1cc(C)c(-c2csc(NC(=O)[C@H](C)N3C(=O)c4ccccc4C3=O)n2)c(C)c1.